The van der Waals surface area contributed by atoms with Crippen molar-refractivity contribution in [3.8, 4) is 5.75 Å². The summed E-state index contributed by atoms with van der Waals surface area (Å²) in [4.78, 5) is 28.7. The molecule has 0 bridgehead atoms. The molecule has 0 unspecified atom stereocenters. The molecule has 4 aromatic rings. The standard InChI is InChI=1S/C25H26N6O2/c1-3-33-18-9-10-20-17(14-18)15-22(30(20)2)25(32)31-13-5-7-21(31)19-6-4-8-23(28-19)29-24-16-26-11-12-27-24/h4,6,8-12,14-16,21H,3,5,7,13H2,1-2H3,(H,27,28,29)/t21-/m0/s1. The van der Waals surface area contributed by atoms with Crippen molar-refractivity contribution in [3.63, 3.8) is 0 Å². The molecule has 1 aliphatic rings. The highest BCUT2D eigenvalue weighted by molar-refractivity contribution is 5.99. The minimum absolute atomic E-state index is 0.0169. The molecular weight excluding hydrogens is 416 g/mol. The number of carbonyl (C=O) groups excluding carboxylic acids is 1. The second-order valence-corrected chi connectivity index (χ2v) is 8.06. The van der Waals surface area contributed by atoms with Crippen LogP contribution in [-0.4, -0.2) is 43.5 Å². The number of pyridine rings is 1. The molecule has 0 aliphatic carbocycles. The number of nitrogens with one attached hydrogen (secondary N) is 1. The number of aryl methyl sites for hydroxylation is 1. The number of aromatic nitrogens is 4. The fraction of sp³-hybridized carbons (Fsp3) is 0.280. The van der Waals surface area contributed by atoms with E-state index in [9.17, 15) is 4.79 Å². The zero-order valence-electron chi connectivity index (χ0n) is 18.7. The van der Waals surface area contributed by atoms with Crippen molar-refractivity contribution in [3.05, 3.63) is 72.4 Å². The molecule has 1 aliphatic heterocycles. The average Bonchev–Trinajstić information content (AvgIpc) is 3.45. The van der Waals surface area contributed by atoms with Crippen LogP contribution < -0.4 is 10.1 Å². The van der Waals surface area contributed by atoms with Gasteiger partial charge < -0.3 is 19.5 Å². The van der Waals surface area contributed by atoms with Crippen molar-refractivity contribution in [2.24, 2.45) is 7.05 Å². The third-order valence-corrected chi connectivity index (χ3v) is 5.99. The summed E-state index contributed by atoms with van der Waals surface area (Å²) in [6, 6.07) is 13.6. The molecule has 4 heterocycles. The lowest BCUT2D eigenvalue weighted by Gasteiger charge is -2.25. The maximum atomic E-state index is 13.6. The molecule has 1 amide bonds. The average molecular weight is 443 g/mol. The quantitative estimate of drug-likeness (QED) is 0.474. The molecule has 0 radical (unpaired) electrons. The van der Waals surface area contributed by atoms with Crippen molar-refractivity contribution in [1.82, 2.24) is 24.4 Å². The molecule has 1 N–H and O–H groups in total. The van der Waals surface area contributed by atoms with Gasteiger partial charge in [0.15, 0.2) is 0 Å². The first-order valence-electron chi connectivity index (χ1n) is 11.2. The number of anilines is 2. The summed E-state index contributed by atoms with van der Waals surface area (Å²) in [5.74, 6) is 2.14. The third kappa shape index (κ3) is 4.11. The fourth-order valence-electron chi connectivity index (χ4n) is 4.46. The molecule has 0 spiro atoms. The lowest BCUT2D eigenvalue weighted by Crippen LogP contribution is -2.32. The van der Waals surface area contributed by atoms with Gasteiger partial charge in [-0.2, -0.15) is 0 Å². The van der Waals surface area contributed by atoms with Gasteiger partial charge in [-0.25, -0.2) is 9.97 Å². The van der Waals surface area contributed by atoms with Crippen LogP contribution in [0.2, 0.25) is 0 Å². The molecule has 1 aromatic carbocycles. The van der Waals surface area contributed by atoms with Gasteiger partial charge in [0.05, 0.1) is 24.5 Å². The third-order valence-electron chi connectivity index (χ3n) is 5.99. The predicted molar refractivity (Wildman–Crippen MR) is 127 cm³/mol. The van der Waals surface area contributed by atoms with Crippen LogP contribution in [0.25, 0.3) is 10.9 Å². The molecule has 8 heteroatoms. The number of rotatable bonds is 6. The predicted octanol–water partition coefficient (Wildman–Crippen LogP) is 4.48. The number of nitrogens with zero attached hydrogens (tertiary/aromatic N) is 5. The summed E-state index contributed by atoms with van der Waals surface area (Å²) in [6.07, 6.45) is 6.73. The molecule has 33 heavy (non-hydrogen) atoms. The summed E-state index contributed by atoms with van der Waals surface area (Å²) >= 11 is 0. The van der Waals surface area contributed by atoms with Crippen LogP contribution in [-0.2, 0) is 7.05 Å². The van der Waals surface area contributed by atoms with Crippen molar-refractivity contribution in [2.45, 2.75) is 25.8 Å². The van der Waals surface area contributed by atoms with Gasteiger partial charge in [-0.3, -0.25) is 9.78 Å². The Morgan fingerprint density at radius 1 is 1.18 bits per heavy atom. The van der Waals surface area contributed by atoms with Gasteiger partial charge in [-0.1, -0.05) is 6.07 Å². The Bertz CT molecular complexity index is 1290. The number of amides is 1. The highest BCUT2D eigenvalue weighted by atomic mass is 16.5. The Morgan fingerprint density at radius 2 is 2.09 bits per heavy atom. The van der Waals surface area contributed by atoms with Crippen molar-refractivity contribution >= 4 is 28.4 Å². The van der Waals surface area contributed by atoms with Gasteiger partial charge >= 0.3 is 0 Å². The van der Waals surface area contributed by atoms with Crippen LogP contribution in [0, 0.1) is 0 Å². The Balaban J connectivity index is 1.41. The normalized spacial score (nSPS) is 15.7. The van der Waals surface area contributed by atoms with E-state index in [0.717, 1.165) is 35.2 Å². The molecular formula is C25H26N6O2. The van der Waals surface area contributed by atoms with Gasteiger partial charge in [0, 0.05) is 36.9 Å². The van der Waals surface area contributed by atoms with E-state index in [0.29, 0.717) is 30.5 Å². The summed E-state index contributed by atoms with van der Waals surface area (Å²) < 4.78 is 7.59. The second-order valence-electron chi connectivity index (χ2n) is 8.06. The molecule has 1 saturated heterocycles. The number of carbonyl (C=O) groups is 1. The van der Waals surface area contributed by atoms with E-state index in [-0.39, 0.29) is 11.9 Å². The topological polar surface area (TPSA) is 85.2 Å². The lowest BCUT2D eigenvalue weighted by atomic mass is 10.1. The van der Waals surface area contributed by atoms with Crippen molar-refractivity contribution in [1.29, 1.82) is 0 Å². The van der Waals surface area contributed by atoms with E-state index in [4.69, 9.17) is 9.72 Å². The van der Waals surface area contributed by atoms with E-state index in [1.165, 1.54) is 0 Å². The maximum Gasteiger partial charge on any atom is 0.271 e. The molecule has 0 saturated carbocycles. The smallest absolute Gasteiger partial charge is 0.271 e. The lowest BCUT2D eigenvalue weighted by molar-refractivity contribution is 0.0723. The van der Waals surface area contributed by atoms with Crippen LogP contribution in [0.15, 0.2) is 61.1 Å². The van der Waals surface area contributed by atoms with Crippen LogP contribution in [0.5, 0.6) is 5.75 Å². The summed E-state index contributed by atoms with van der Waals surface area (Å²) in [5, 5.41) is 4.18. The van der Waals surface area contributed by atoms with E-state index in [2.05, 4.69) is 15.3 Å². The van der Waals surface area contributed by atoms with Gasteiger partial charge in [0.2, 0.25) is 0 Å². The number of hydrogen-bond acceptors (Lipinski definition) is 6. The van der Waals surface area contributed by atoms with E-state index >= 15 is 0 Å². The number of benzene rings is 1. The largest absolute Gasteiger partial charge is 0.494 e. The van der Waals surface area contributed by atoms with Gasteiger partial charge in [0.25, 0.3) is 5.91 Å². The maximum absolute atomic E-state index is 13.6. The first-order chi connectivity index (χ1) is 16.1. The zero-order chi connectivity index (χ0) is 22.8. The van der Waals surface area contributed by atoms with Crippen LogP contribution in [0.3, 0.4) is 0 Å². The van der Waals surface area contributed by atoms with E-state index in [1.54, 1.807) is 18.6 Å². The second kappa shape index (κ2) is 8.90. The minimum Gasteiger partial charge on any atom is -0.494 e. The van der Waals surface area contributed by atoms with Gasteiger partial charge in [-0.05, 0) is 56.2 Å². The Morgan fingerprint density at radius 3 is 2.91 bits per heavy atom. The van der Waals surface area contributed by atoms with Crippen LogP contribution in [0.1, 0.15) is 42.0 Å². The monoisotopic (exact) mass is 442 g/mol. The first kappa shape index (κ1) is 20.9. The molecule has 8 nitrogen and oxygen atoms in total. The van der Waals surface area contributed by atoms with Crippen LogP contribution in [0.4, 0.5) is 11.6 Å². The number of fused-ring (bicyclic) bond motifs is 1. The van der Waals surface area contributed by atoms with Crippen LogP contribution >= 0.6 is 0 Å². The Labute approximate surface area is 192 Å². The van der Waals surface area contributed by atoms with Crippen molar-refractivity contribution < 1.29 is 9.53 Å². The first-order valence-corrected chi connectivity index (χ1v) is 11.2. The van der Waals surface area contributed by atoms with E-state index < -0.39 is 0 Å². The zero-order valence-corrected chi connectivity index (χ0v) is 18.7. The van der Waals surface area contributed by atoms with Gasteiger partial charge in [0.1, 0.15) is 23.1 Å². The molecule has 1 atom stereocenters. The molecule has 1 fully saturated rings. The molecule has 168 valence electrons. The summed E-state index contributed by atoms with van der Waals surface area (Å²) in [6.45, 7) is 3.28. The minimum atomic E-state index is -0.0712. The highest BCUT2D eigenvalue weighted by Gasteiger charge is 2.33. The molecule has 5 rings (SSSR count). The molecule has 3 aromatic heterocycles. The van der Waals surface area contributed by atoms with E-state index in [1.807, 2.05) is 65.9 Å². The number of hydrogen-bond donors (Lipinski definition) is 1. The highest BCUT2D eigenvalue weighted by Crippen LogP contribution is 2.34. The fourth-order valence-corrected chi connectivity index (χ4v) is 4.46. The summed E-state index contributed by atoms with van der Waals surface area (Å²) in [5.41, 5.74) is 2.54. The van der Waals surface area contributed by atoms with Gasteiger partial charge in [-0.15, -0.1) is 0 Å². The summed E-state index contributed by atoms with van der Waals surface area (Å²) in [7, 11) is 1.94. The van der Waals surface area contributed by atoms with Crippen molar-refractivity contribution in [2.75, 3.05) is 18.5 Å². The number of likely N-dealkylation sites (tertiary alicyclic amines) is 1. The Kier molecular flexibility index (Phi) is 5.64. The SMILES string of the molecule is CCOc1ccc2c(c1)cc(C(=O)N1CCC[C@H]1c1cccc(Nc3cnccn3)n1)n2C. The number of ether oxygens (including phenoxy) is 1. The Hall–Kier alpha value is -3.94.